The van der Waals surface area contributed by atoms with Crippen molar-refractivity contribution in [1.29, 1.82) is 0 Å². The van der Waals surface area contributed by atoms with Crippen LogP contribution in [0.5, 0.6) is 0 Å². The second kappa shape index (κ2) is 7.01. The highest BCUT2D eigenvalue weighted by Gasteiger charge is 2.10. The highest BCUT2D eigenvalue weighted by atomic mass is 79.9. The van der Waals surface area contributed by atoms with Gasteiger partial charge in [0.2, 0.25) is 0 Å². The Morgan fingerprint density at radius 1 is 0.840 bits per heavy atom. The van der Waals surface area contributed by atoms with Crippen molar-refractivity contribution in [3.8, 4) is 5.69 Å². The molecule has 1 aromatic heterocycles. The molecule has 0 radical (unpaired) electrons. The second-order valence-electron chi connectivity index (χ2n) is 6.62. The van der Waals surface area contributed by atoms with Crippen molar-refractivity contribution in [1.82, 2.24) is 4.57 Å². The molecule has 3 rings (SSSR count). The highest BCUT2D eigenvalue weighted by molar-refractivity contribution is 9.10. The third-order valence-electron chi connectivity index (χ3n) is 4.72. The lowest BCUT2D eigenvalue weighted by Crippen LogP contribution is -2.00. The van der Waals surface area contributed by atoms with Crippen LogP contribution < -0.4 is 0 Å². The summed E-state index contributed by atoms with van der Waals surface area (Å²) in [4.78, 5) is 4.70. The Morgan fingerprint density at radius 3 is 2.28 bits per heavy atom. The summed E-state index contributed by atoms with van der Waals surface area (Å²) in [6.45, 7) is 10.7. The van der Waals surface area contributed by atoms with Gasteiger partial charge in [-0.25, -0.2) is 0 Å². The van der Waals surface area contributed by atoms with Crippen LogP contribution in [-0.2, 0) is 0 Å². The van der Waals surface area contributed by atoms with Gasteiger partial charge in [-0.15, -0.1) is 0 Å². The van der Waals surface area contributed by atoms with Crippen LogP contribution in [0, 0.1) is 34.6 Å². The van der Waals surface area contributed by atoms with Crippen molar-refractivity contribution in [3.63, 3.8) is 0 Å². The molecule has 0 atom stereocenters. The monoisotopic (exact) mass is 394 g/mol. The standard InChI is InChI=1S/C22H23BrN2/c1-14-6-8-21(11-15(14)2)25-17(4)12-19(18(25)5)13-24-22-9-7-20(23)10-16(22)3/h6-13H,1-5H3. The third kappa shape index (κ3) is 3.62. The maximum Gasteiger partial charge on any atom is 0.0659 e. The van der Waals surface area contributed by atoms with Gasteiger partial charge in [0.25, 0.3) is 0 Å². The molecule has 0 bridgehead atoms. The van der Waals surface area contributed by atoms with Crippen molar-refractivity contribution in [2.75, 3.05) is 0 Å². The SMILES string of the molecule is Cc1ccc(-n2c(C)cc(C=Nc3ccc(Br)cc3C)c2C)cc1C. The Hall–Kier alpha value is -2.13. The van der Waals surface area contributed by atoms with Gasteiger partial charge < -0.3 is 4.57 Å². The summed E-state index contributed by atoms with van der Waals surface area (Å²) >= 11 is 3.50. The fourth-order valence-electron chi connectivity index (χ4n) is 3.08. The van der Waals surface area contributed by atoms with Gasteiger partial charge in [0.05, 0.1) is 5.69 Å². The molecule has 128 valence electrons. The van der Waals surface area contributed by atoms with Crippen molar-refractivity contribution >= 4 is 27.8 Å². The van der Waals surface area contributed by atoms with E-state index in [0.717, 1.165) is 21.3 Å². The number of hydrogen-bond acceptors (Lipinski definition) is 1. The van der Waals surface area contributed by atoms with Crippen LogP contribution in [0.2, 0.25) is 0 Å². The minimum atomic E-state index is 0.999. The molecule has 0 saturated heterocycles. The normalized spacial score (nSPS) is 11.4. The van der Waals surface area contributed by atoms with Crippen LogP contribution in [0.4, 0.5) is 5.69 Å². The molecular weight excluding hydrogens is 372 g/mol. The molecule has 0 N–H and O–H groups in total. The van der Waals surface area contributed by atoms with Gasteiger partial charge in [0, 0.05) is 33.3 Å². The molecule has 0 fully saturated rings. The molecule has 0 aliphatic heterocycles. The van der Waals surface area contributed by atoms with Crippen LogP contribution in [0.3, 0.4) is 0 Å². The molecule has 0 spiro atoms. The molecule has 0 aliphatic rings. The van der Waals surface area contributed by atoms with E-state index < -0.39 is 0 Å². The molecular formula is C22H23BrN2. The molecule has 0 amide bonds. The first-order valence-corrected chi connectivity index (χ1v) is 9.23. The summed E-state index contributed by atoms with van der Waals surface area (Å²) in [7, 11) is 0. The largest absolute Gasteiger partial charge is 0.318 e. The molecule has 1 heterocycles. The average Bonchev–Trinajstić information content (AvgIpc) is 2.83. The minimum absolute atomic E-state index is 0.999. The quantitative estimate of drug-likeness (QED) is 0.449. The first-order valence-electron chi connectivity index (χ1n) is 8.43. The van der Waals surface area contributed by atoms with Gasteiger partial charge >= 0.3 is 0 Å². The number of aliphatic imine (C=N–C) groups is 1. The lowest BCUT2D eigenvalue weighted by molar-refractivity contribution is 0.961. The summed E-state index contributed by atoms with van der Waals surface area (Å²) in [5, 5.41) is 0. The zero-order chi connectivity index (χ0) is 18.1. The van der Waals surface area contributed by atoms with Gasteiger partial charge in [-0.05, 0) is 87.7 Å². The summed E-state index contributed by atoms with van der Waals surface area (Å²) in [6.07, 6.45) is 1.97. The Kier molecular flexibility index (Phi) is 4.96. The molecule has 0 unspecified atom stereocenters. The van der Waals surface area contributed by atoms with E-state index in [9.17, 15) is 0 Å². The Bertz CT molecular complexity index is 964. The summed E-state index contributed by atoms with van der Waals surface area (Å²) in [6, 6.07) is 15.0. The van der Waals surface area contributed by atoms with Gasteiger partial charge in [-0.2, -0.15) is 0 Å². The maximum absolute atomic E-state index is 4.70. The first kappa shape index (κ1) is 17.7. The number of halogens is 1. The summed E-state index contributed by atoms with van der Waals surface area (Å²) in [5.74, 6) is 0. The number of rotatable bonds is 3. The highest BCUT2D eigenvalue weighted by Crippen LogP contribution is 2.25. The molecule has 3 aromatic rings. The van der Waals surface area contributed by atoms with Crippen LogP contribution >= 0.6 is 15.9 Å². The number of aryl methyl sites for hydroxylation is 4. The predicted molar refractivity (Wildman–Crippen MR) is 111 cm³/mol. The molecule has 2 aromatic carbocycles. The van der Waals surface area contributed by atoms with Gasteiger partial charge in [0.1, 0.15) is 0 Å². The zero-order valence-corrected chi connectivity index (χ0v) is 17.0. The molecule has 25 heavy (non-hydrogen) atoms. The van der Waals surface area contributed by atoms with Gasteiger partial charge in [-0.1, -0.05) is 22.0 Å². The van der Waals surface area contributed by atoms with Gasteiger partial charge in [-0.3, -0.25) is 4.99 Å². The molecule has 0 saturated carbocycles. The Balaban J connectivity index is 1.99. The maximum atomic E-state index is 4.70. The van der Waals surface area contributed by atoms with Gasteiger partial charge in [0.15, 0.2) is 0 Å². The first-order chi connectivity index (χ1) is 11.9. The van der Waals surface area contributed by atoms with Crippen molar-refractivity contribution in [2.24, 2.45) is 4.99 Å². The lowest BCUT2D eigenvalue weighted by Gasteiger charge is -2.11. The summed E-state index contributed by atoms with van der Waals surface area (Å²) < 4.78 is 3.37. The number of hydrogen-bond donors (Lipinski definition) is 0. The number of benzene rings is 2. The van der Waals surface area contributed by atoms with E-state index in [1.807, 2.05) is 18.3 Å². The van der Waals surface area contributed by atoms with Crippen LogP contribution in [-0.4, -0.2) is 10.8 Å². The van der Waals surface area contributed by atoms with Crippen LogP contribution in [0.25, 0.3) is 5.69 Å². The molecule has 3 heteroatoms. The Morgan fingerprint density at radius 2 is 1.60 bits per heavy atom. The number of nitrogens with zero attached hydrogens (tertiary/aromatic N) is 2. The van der Waals surface area contributed by atoms with E-state index in [1.54, 1.807) is 0 Å². The van der Waals surface area contributed by atoms with Crippen LogP contribution in [0.1, 0.15) is 33.6 Å². The van der Waals surface area contributed by atoms with Crippen molar-refractivity contribution in [3.05, 3.63) is 80.6 Å². The van der Waals surface area contributed by atoms with E-state index in [4.69, 9.17) is 4.99 Å². The summed E-state index contributed by atoms with van der Waals surface area (Å²) in [5.41, 5.74) is 9.57. The fourth-order valence-corrected chi connectivity index (χ4v) is 3.56. The van der Waals surface area contributed by atoms with E-state index in [2.05, 4.69) is 85.4 Å². The fraction of sp³-hybridized carbons (Fsp3) is 0.227. The molecule has 0 aliphatic carbocycles. The smallest absolute Gasteiger partial charge is 0.0659 e. The second-order valence-corrected chi connectivity index (χ2v) is 7.54. The minimum Gasteiger partial charge on any atom is -0.318 e. The predicted octanol–water partition coefficient (Wildman–Crippen LogP) is 6.53. The van der Waals surface area contributed by atoms with E-state index in [0.29, 0.717) is 0 Å². The van der Waals surface area contributed by atoms with E-state index in [1.165, 1.54) is 28.2 Å². The zero-order valence-electron chi connectivity index (χ0n) is 15.4. The van der Waals surface area contributed by atoms with E-state index in [-0.39, 0.29) is 0 Å². The Labute approximate surface area is 158 Å². The van der Waals surface area contributed by atoms with Crippen LogP contribution in [0.15, 0.2) is 51.9 Å². The van der Waals surface area contributed by atoms with Crippen molar-refractivity contribution in [2.45, 2.75) is 34.6 Å². The topological polar surface area (TPSA) is 17.3 Å². The third-order valence-corrected chi connectivity index (χ3v) is 5.21. The lowest BCUT2D eigenvalue weighted by atomic mass is 10.1. The van der Waals surface area contributed by atoms with Crippen molar-refractivity contribution < 1.29 is 0 Å². The molecule has 2 nitrogen and oxygen atoms in total. The van der Waals surface area contributed by atoms with E-state index >= 15 is 0 Å². The average molecular weight is 395 g/mol. The number of aromatic nitrogens is 1.